The molecule has 14 heavy (non-hydrogen) atoms. The highest BCUT2D eigenvalue weighted by atomic mass is 35.5. The number of amides is 1. The third-order valence-electron chi connectivity index (χ3n) is 2.49. The Kier molecular flexibility index (Phi) is 5.26. The number of likely N-dealkylation sites (N-methyl/N-ethyl adjacent to an activating group) is 1. The van der Waals surface area contributed by atoms with Gasteiger partial charge in [-0.3, -0.25) is 4.79 Å². The van der Waals surface area contributed by atoms with Gasteiger partial charge in [0.2, 0.25) is 5.91 Å². The molecule has 0 spiro atoms. The molecule has 1 unspecified atom stereocenters. The van der Waals surface area contributed by atoms with Gasteiger partial charge in [-0.1, -0.05) is 0 Å². The second-order valence-electron chi connectivity index (χ2n) is 3.51. The molecule has 1 amide bonds. The number of alkyl halides is 1. The van der Waals surface area contributed by atoms with Crippen molar-refractivity contribution in [2.75, 3.05) is 25.6 Å². The number of nitrogens with zero attached hydrogens (tertiary/aromatic N) is 1. The fraction of sp³-hybridized carbons (Fsp3) is 0.900. The first-order valence-corrected chi connectivity index (χ1v) is 5.76. The van der Waals surface area contributed by atoms with E-state index in [2.05, 4.69) is 0 Å². The molecule has 1 heterocycles. The summed E-state index contributed by atoms with van der Waals surface area (Å²) < 4.78 is 5.49. The van der Waals surface area contributed by atoms with Crippen molar-refractivity contribution in [3.63, 3.8) is 0 Å². The van der Waals surface area contributed by atoms with E-state index in [0.717, 1.165) is 32.5 Å². The summed E-state index contributed by atoms with van der Waals surface area (Å²) in [5.41, 5.74) is 0. The molecule has 0 aromatic heterocycles. The summed E-state index contributed by atoms with van der Waals surface area (Å²) in [6, 6.07) is 0. The Morgan fingerprint density at radius 1 is 1.64 bits per heavy atom. The van der Waals surface area contributed by atoms with Crippen LogP contribution in [0.2, 0.25) is 0 Å². The fourth-order valence-electron chi connectivity index (χ4n) is 1.68. The molecule has 1 rings (SSSR count). The lowest BCUT2D eigenvalue weighted by molar-refractivity contribution is -0.132. The van der Waals surface area contributed by atoms with Gasteiger partial charge >= 0.3 is 0 Å². The lowest BCUT2D eigenvalue weighted by Gasteiger charge is -2.23. The summed E-state index contributed by atoms with van der Waals surface area (Å²) in [7, 11) is 0. The highest BCUT2D eigenvalue weighted by Crippen LogP contribution is 2.13. The van der Waals surface area contributed by atoms with Crippen molar-refractivity contribution < 1.29 is 9.53 Å². The Morgan fingerprint density at radius 2 is 2.43 bits per heavy atom. The molecule has 4 heteroatoms. The second-order valence-corrected chi connectivity index (χ2v) is 3.88. The van der Waals surface area contributed by atoms with Gasteiger partial charge in [0.25, 0.3) is 0 Å². The molecule has 82 valence electrons. The lowest BCUT2D eigenvalue weighted by Crippen LogP contribution is -2.37. The van der Waals surface area contributed by atoms with Gasteiger partial charge in [0, 0.05) is 32.0 Å². The van der Waals surface area contributed by atoms with Crippen molar-refractivity contribution in [2.24, 2.45) is 0 Å². The predicted octanol–water partition coefficient (Wildman–Crippen LogP) is 1.64. The molecule has 0 saturated carbocycles. The average Bonchev–Trinajstić information content (AvgIpc) is 2.66. The van der Waals surface area contributed by atoms with Gasteiger partial charge in [-0.15, -0.1) is 11.6 Å². The minimum absolute atomic E-state index is 0.137. The van der Waals surface area contributed by atoms with Gasteiger partial charge in [0.05, 0.1) is 6.10 Å². The van der Waals surface area contributed by atoms with Crippen molar-refractivity contribution in [2.45, 2.75) is 32.3 Å². The van der Waals surface area contributed by atoms with E-state index in [1.807, 2.05) is 11.8 Å². The third kappa shape index (κ3) is 3.46. The van der Waals surface area contributed by atoms with Crippen molar-refractivity contribution in [1.29, 1.82) is 0 Å². The van der Waals surface area contributed by atoms with E-state index in [0.29, 0.717) is 12.3 Å². The van der Waals surface area contributed by atoms with Crippen molar-refractivity contribution in [3.05, 3.63) is 0 Å². The Bertz CT molecular complexity index is 181. The monoisotopic (exact) mass is 219 g/mol. The molecule has 1 aliphatic rings. The summed E-state index contributed by atoms with van der Waals surface area (Å²) in [6.45, 7) is 4.30. The van der Waals surface area contributed by atoms with E-state index in [1.54, 1.807) is 0 Å². The van der Waals surface area contributed by atoms with Gasteiger partial charge < -0.3 is 9.64 Å². The van der Waals surface area contributed by atoms with Crippen LogP contribution in [0.1, 0.15) is 26.2 Å². The topological polar surface area (TPSA) is 29.5 Å². The molecular formula is C10H18ClNO2. The first-order valence-electron chi connectivity index (χ1n) is 5.23. The summed E-state index contributed by atoms with van der Waals surface area (Å²) in [5, 5.41) is 0. The van der Waals surface area contributed by atoms with Crippen LogP contribution in [0.3, 0.4) is 0 Å². The van der Waals surface area contributed by atoms with Gasteiger partial charge in [-0.05, 0) is 19.8 Å². The molecule has 0 bridgehead atoms. The quantitative estimate of drug-likeness (QED) is 0.658. The first kappa shape index (κ1) is 11.8. The summed E-state index contributed by atoms with van der Waals surface area (Å²) in [6.07, 6.45) is 2.87. The summed E-state index contributed by atoms with van der Waals surface area (Å²) in [4.78, 5) is 13.4. The van der Waals surface area contributed by atoms with Crippen LogP contribution in [0, 0.1) is 0 Å². The minimum atomic E-state index is 0.137. The number of hydrogen-bond donors (Lipinski definition) is 0. The largest absolute Gasteiger partial charge is 0.376 e. The van der Waals surface area contributed by atoms with Gasteiger partial charge in [0.15, 0.2) is 0 Å². The van der Waals surface area contributed by atoms with Crippen LogP contribution in [-0.4, -0.2) is 42.5 Å². The zero-order valence-electron chi connectivity index (χ0n) is 8.67. The van der Waals surface area contributed by atoms with Gasteiger partial charge in [-0.2, -0.15) is 0 Å². The second kappa shape index (κ2) is 6.25. The number of rotatable bonds is 5. The molecule has 1 aliphatic heterocycles. The number of hydrogen-bond acceptors (Lipinski definition) is 2. The third-order valence-corrected chi connectivity index (χ3v) is 2.68. The average molecular weight is 220 g/mol. The maximum Gasteiger partial charge on any atom is 0.223 e. The standard InChI is InChI=1S/C10H18ClNO2/c1-2-12(10(13)5-6-11)8-9-4-3-7-14-9/h9H,2-8H2,1H3. The highest BCUT2D eigenvalue weighted by molar-refractivity contribution is 6.18. The predicted molar refractivity (Wildman–Crippen MR) is 56.6 cm³/mol. The van der Waals surface area contributed by atoms with E-state index < -0.39 is 0 Å². The van der Waals surface area contributed by atoms with Crippen molar-refractivity contribution >= 4 is 17.5 Å². The molecule has 0 aromatic carbocycles. The van der Waals surface area contributed by atoms with Crippen LogP contribution in [0.4, 0.5) is 0 Å². The van der Waals surface area contributed by atoms with Crippen LogP contribution < -0.4 is 0 Å². The molecular weight excluding hydrogens is 202 g/mol. The molecule has 0 N–H and O–H groups in total. The Morgan fingerprint density at radius 3 is 2.93 bits per heavy atom. The Hall–Kier alpha value is -0.280. The Balaban J connectivity index is 2.33. The summed E-state index contributed by atoms with van der Waals surface area (Å²) >= 11 is 5.54. The fourth-order valence-corrected chi connectivity index (χ4v) is 1.84. The lowest BCUT2D eigenvalue weighted by atomic mass is 10.2. The van der Waals surface area contributed by atoms with E-state index in [9.17, 15) is 4.79 Å². The molecule has 0 aromatic rings. The van der Waals surface area contributed by atoms with Crippen LogP contribution in [-0.2, 0) is 9.53 Å². The van der Waals surface area contributed by atoms with E-state index in [4.69, 9.17) is 16.3 Å². The molecule has 1 saturated heterocycles. The number of carbonyl (C=O) groups is 1. The van der Waals surface area contributed by atoms with Crippen LogP contribution >= 0.6 is 11.6 Å². The normalized spacial score (nSPS) is 21.1. The van der Waals surface area contributed by atoms with Gasteiger partial charge in [-0.25, -0.2) is 0 Å². The maximum absolute atomic E-state index is 11.5. The van der Waals surface area contributed by atoms with Crippen molar-refractivity contribution in [1.82, 2.24) is 4.90 Å². The van der Waals surface area contributed by atoms with Crippen molar-refractivity contribution in [3.8, 4) is 0 Å². The Labute approximate surface area is 90.4 Å². The van der Waals surface area contributed by atoms with Gasteiger partial charge in [0.1, 0.15) is 0 Å². The van der Waals surface area contributed by atoms with Crippen LogP contribution in [0.5, 0.6) is 0 Å². The first-order chi connectivity index (χ1) is 6.77. The molecule has 0 aliphatic carbocycles. The molecule has 0 radical (unpaired) electrons. The van der Waals surface area contributed by atoms with Crippen LogP contribution in [0.15, 0.2) is 0 Å². The highest BCUT2D eigenvalue weighted by Gasteiger charge is 2.20. The zero-order valence-corrected chi connectivity index (χ0v) is 9.42. The van der Waals surface area contributed by atoms with E-state index in [-0.39, 0.29) is 12.0 Å². The molecule has 1 atom stereocenters. The molecule has 1 fully saturated rings. The SMILES string of the molecule is CCN(CC1CCCO1)C(=O)CCCl. The minimum Gasteiger partial charge on any atom is -0.376 e. The molecule has 3 nitrogen and oxygen atoms in total. The van der Waals surface area contributed by atoms with Crippen LogP contribution in [0.25, 0.3) is 0 Å². The smallest absolute Gasteiger partial charge is 0.223 e. The maximum atomic E-state index is 11.5. The number of halogens is 1. The van der Waals surface area contributed by atoms with E-state index in [1.165, 1.54) is 0 Å². The number of ether oxygens (including phenoxy) is 1. The van der Waals surface area contributed by atoms with E-state index >= 15 is 0 Å². The number of carbonyl (C=O) groups excluding carboxylic acids is 1. The zero-order chi connectivity index (χ0) is 10.4. The summed E-state index contributed by atoms with van der Waals surface area (Å²) in [5.74, 6) is 0.541.